The summed E-state index contributed by atoms with van der Waals surface area (Å²) in [6.45, 7) is 2.39. The van der Waals surface area contributed by atoms with Crippen molar-refractivity contribution in [2.45, 2.75) is 13.5 Å². The summed E-state index contributed by atoms with van der Waals surface area (Å²) in [4.78, 5) is 4.15. The van der Waals surface area contributed by atoms with E-state index in [0.29, 0.717) is 18.1 Å². The van der Waals surface area contributed by atoms with Crippen LogP contribution in [0.15, 0.2) is 27.3 Å². The molecule has 0 saturated heterocycles. The van der Waals surface area contributed by atoms with Gasteiger partial charge in [0, 0.05) is 16.7 Å². The van der Waals surface area contributed by atoms with Crippen molar-refractivity contribution in [2.75, 3.05) is 11.1 Å². The summed E-state index contributed by atoms with van der Waals surface area (Å²) in [5, 5.41) is 6.87. The summed E-state index contributed by atoms with van der Waals surface area (Å²) in [6.07, 6.45) is 1.68. The van der Waals surface area contributed by atoms with Gasteiger partial charge in [-0.1, -0.05) is 5.16 Å². The fraction of sp³-hybridized carbons (Fsp3) is 0.200. The Kier molecular flexibility index (Phi) is 3.09. The number of aromatic nitrogens is 2. The van der Waals surface area contributed by atoms with Crippen LogP contribution in [0.5, 0.6) is 0 Å². The first-order valence-electron chi connectivity index (χ1n) is 4.72. The Morgan fingerprint density at radius 1 is 1.50 bits per heavy atom. The number of pyridine rings is 1. The molecule has 0 aliphatic heterocycles. The summed E-state index contributed by atoms with van der Waals surface area (Å²) in [7, 11) is 0. The van der Waals surface area contributed by atoms with Crippen molar-refractivity contribution in [3.05, 3.63) is 34.3 Å². The number of halogens is 1. The van der Waals surface area contributed by atoms with Gasteiger partial charge in [0.1, 0.15) is 5.82 Å². The van der Waals surface area contributed by atoms with E-state index in [1.807, 2.05) is 13.0 Å². The summed E-state index contributed by atoms with van der Waals surface area (Å²) < 4.78 is 5.91. The Morgan fingerprint density at radius 3 is 2.94 bits per heavy atom. The molecular weight excluding hydrogens is 272 g/mol. The van der Waals surface area contributed by atoms with Crippen molar-refractivity contribution in [2.24, 2.45) is 0 Å². The van der Waals surface area contributed by atoms with Crippen molar-refractivity contribution < 1.29 is 4.52 Å². The summed E-state index contributed by atoms with van der Waals surface area (Å²) in [6, 6.07) is 3.66. The maximum atomic E-state index is 5.79. The van der Waals surface area contributed by atoms with Gasteiger partial charge in [-0.2, -0.15) is 0 Å². The van der Waals surface area contributed by atoms with Crippen molar-refractivity contribution in [1.82, 2.24) is 10.1 Å². The van der Waals surface area contributed by atoms with Crippen LogP contribution in [-0.4, -0.2) is 10.1 Å². The zero-order chi connectivity index (χ0) is 11.5. The van der Waals surface area contributed by atoms with Gasteiger partial charge >= 0.3 is 0 Å². The largest absolute Gasteiger partial charge is 0.396 e. The predicted molar refractivity (Wildman–Crippen MR) is 64.9 cm³/mol. The maximum absolute atomic E-state index is 5.79. The molecule has 2 aromatic heterocycles. The molecule has 84 valence electrons. The fourth-order valence-electron chi connectivity index (χ4n) is 1.27. The standard InChI is InChI=1S/C10H11BrN4O/c1-6-2-8(16-15-6)5-14-10-9(12)3-7(11)4-13-10/h2-4H,5,12H2,1H3,(H,13,14). The molecule has 0 amide bonds. The highest BCUT2D eigenvalue weighted by atomic mass is 79.9. The lowest BCUT2D eigenvalue weighted by Crippen LogP contribution is -2.03. The minimum atomic E-state index is 0.514. The molecule has 0 aliphatic carbocycles. The van der Waals surface area contributed by atoms with Crippen LogP contribution in [0.1, 0.15) is 11.5 Å². The molecular formula is C10H11BrN4O. The fourth-order valence-corrected chi connectivity index (χ4v) is 1.62. The van der Waals surface area contributed by atoms with Crippen LogP contribution < -0.4 is 11.1 Å². The predicted octanol–water partition coefficient (Wildman–Crippen LogP) is 2.33. The SMILES string of the molecule is Cc1cc(CNc2ncc(Br)cc2N)on1. The first-order chi connectivity index (χ1) is 7.65. The van der Waals surface area contributed by atoms with E-state index >= 15 is 0 Å². The Balaban J connectivity index is 2.04. The van der Waals surface area contributed by atoms with E-state index in [9.17, 15) is 0 Å². The normalized spacial score (nSPS) is 10.4. The van der Waals surface area contributed by atoms with E-state index in [1.165, 1.54) is 0 Å². The number of aryl methyl sites for hydroxylation is 1. The number of nitrogens with one attached hydrogen (secondary N) is 1. The van der Waals surface area contributed by atoms with E-state index in [0.717, 1.165) is 15.9 Å². The monoisotopic (exact) mass is 282 g/mol. The van der Waals surface area contributed by atoms with Gasteiger partial charge in [0.15, 0.2) is 5.76 Å². The summed E-state index contributed by atoms with van der Waals surface area (Å²) in [5.41, 5.74) is 7.23. The minimum Gasteiger partial charge on any atom is -0.396 e. The zero-order valence-corrected chi connectivity index (χ0v) is 10.3. The molecule has 16 heavy (non-hydrogen) atoms. The Labute approximate surface area is 101 Å². The Hall–Kier alpha value is -1.56. The molecule has 0 fully saturated rings. The van der Waals surface area contributed by atoms with Crippen molar-refractivity contribution in [3.8, 4) is 0 Å². The van der Waals surface area contributed by atoms with Gasteiger partial charge in [-0.3, -0.25) is 0 Å². The van der Waals surface area contributed by atoms with Crippen LogP contribution in [0, 0.1) is 6.92 Å². The number of nitrogens with zero attached hydrogens (tertiary/aromatic N) is 2. The number of rotatable bonds is 3. The highest BCUT2D eigenvalue weighted by Gasteiger charge is 2.04. The van der Waals surface area contributed by atoms with Gasteiger partial charge in [0.05, 0.1) is 17.9 Å². The smallest absolute Gasteiger partial charge is 0.156 e. The van der Waals surface area contributed by atoms with Gasteiger partial charge in [-0.15, -0.1) is 0 Å². The zero-order valence-electron chi connectivity index (χ0n) is 8.70. The molecule has 0 aliphatic rings. The second kappa shape index (κ2) is 4.52. The molecule has 0 saturated carbocycles. The number of hydrogen-bond donors (Lipinski definition) is 2. The van der Waals surface area contributed by atoms with Crippen LogP contribution in [0.4, 0.5) is 11.5 Å². The molecule has 2 aromatic rings. The molecule has 6 heteroatoms. The number of anilines is 2. The van der Waals surface area contributed by atoms with E-state index in [2.05, 4.69) is 31.4 Å². The topological polar surface area (TPSA) is 77.0 Å². The summed E-state index contributed by atoms with van der Waals surface area (Å²) in [5.74, 6) is 1.39. The molecule has 0 spiro atoms. The number of nitrogens with two attached hydrogens (primary N) is 1. The van der Waals surface area contributed by atoms with Crippen LogP contribution in [0.2, 0.25) is 0 Å². The third-order valence-corrected chi connectivity index (χ3v) is 2.42. The van der Waals surface area contributed by atoms with Crippen molar-refractivity contribution in [1.29, 1.82) is 0 Å². The Bertz CT molecular complexity index is 497. The second-order valence-corrected chi connectivity index (χ2v) is 4.30. The molecule has 0 unspecified atom stereocenters. The Morgan fingerprint density at radius 2 is 2.31 bits per heavy atom. The highest BCUT2D eigenvalue weighted by Crippen LogP contribution is 2.20. The van der Waals surface area contributed by atoms with Gasteiger partial charge in [-0.05, 0) is 28.9 Å². The first kappa shape index (κ1) is 10.9. The lowest BCUT2D eigenvalue weighted by molar-refractivity contribution is 0.384. The van der Waals surface area contributed by atoms with Gasteiger partial charge in [-0.25, -0.2) is 4.98 Å². The lowest BCUT2D eigenvalue weighted by Gasteiger charge is -2.06. The lowest BCUT2D eigenvalue weighted by atomic mass is 10.3. The second-order valence-electron chi connectivity index (χ2n) is 3.38. The molecule has 2 heterocycles. The van der Waals surface area contributed by atoms with E-state index < -0.39 is 0 Å². The van der Waals surface area contributed by atoms with Crippen LogP contribution in [-0.2, 0) is 6.54 Å². The number of nitrogen functional groups attached to an aromatic ring is 1. The van der Waals surface area contributed by atoms with Gasteiger partial charge < -0.3 is 15.6 Å². The number of hydrogen-bond acceptors (Lipinski definition) is 5. The highest BCUT2D eigenvalue weighted by molar-refractivity contribution is 9.10. The maximum Gasteiger partial charge on any atom is 0.156 e. The quantitative estimate of drug-likeness (QED) is 0.904. The van der Waals surface area contributed by atoms with Crippen molar-refractivity contribution >= 4 is 27.4 Å². The average molecular weight is 283 g/mol. The van der Waals surface area contributed by atoms with E-state index in [4.69, 9.17) is 10.3 Å². The van der Waals surface area contributed by atoms with Crippen molar-refractivity contribution in [3.63, 3.8) is 0 Å². The molecule has 0 aromatic carbocycles. The average Bonchev–Trinajstić information content (AvgIpc) is 2.63. The van der Waals surface area contributed by atoms with Gasteiger partial charge in [0.25, 0.3) is 0 Å². The molecule has 0 bridgehead atoms. The molecule has 0 radical (unpaired) electrons. The minimum absolute atomic E-state index is 0.514. The van der Waals surface area contributed by atoms with Crippen LogP contribution in [0.25, 0.3) is 0 Å². The van der Waals surface area contributed by atoms with E-state index in [-0.39, 0.29) is 0 Å². The molecule has 3 N–H and O–H groups in total. The van der Waals surface area contributed by atoms with Crippen LogP contribution in [0.3, 0.4) is 0 Å². The third-order valence-electron chi connectivity index (χ3n) is 1.99. The summed E-state index contributed by atoms with van der Waals surface area (Å²) >= 11 is 3.30. The first-order valence-corrected chi connectivity index (χ1v) is 5.51. The molecule has 0 atom stereocenters. The van der Waals surface area contributed by atoms with Gasteiger partial charge in [0.2, 0.25) is 0 Å². The van der Waals surface area contributed by atoms with E-state index in [1.54, 1.807) is 12.3 Å². The molecule has 5 nitrogen and oxygen atoms in total. The molecule has 2 rings (SSSR count). The third kappa shape index (κ3) is 2.52. The van der Waals surface area contributed by atoms with Crippen LogP contribution >= 0.6 is 15.9 Å².